The maximum absolute atomic E-state index is 13.0. The van der Waals surface area contributed by atoms with Gasteiger partial charge in [0.25, 0.3) is 11.6 Å². The molecule has 0 aliphatic carbocycles. The van der Waals surface area contributed by atoms with Crippen LogP contribution in [0.25, 0.3) is 0 Å². The van der Waals surface area contributed by atoms with Gasteiger partial charge in [0, 0.05) is 26.8 Å². The van der Waals surface area contributed by atoms with Crippen LogP contribution >= 0.6 is 0 Å². The van der Waals surface area contributed by atoms with Gasteiger partial charge in [-0.1, -0.05) is 0 Å². The van der Waals surface area contributed by atoms with Crippen molar-refractivity contribution in [3.63, 3.8) is 0 Å². The zero-order valence-corrected chi connectivity index (χ0v) is 22.2. The number of rotatable bonds is 4. The van der Waals surface area contributed by atoms with Gasteiger partial charge in [0.2, 0.25) is 17.5 Å². The fraction of sp³-hybridized carbons (Fsp3) is 0.444. The molecular formula is C18H26Cl2N8O10. The monoisotopic (exact) mass is 584 g/mol. The maximum atomic E-state index is 13.0. The number of nitrogens with two attached hydrogens (primary N) is 2. The van der Waals surface area contributed by atoms with Crippen LogP contribution < -0.4 is 57.9 Å². The number of imide groups is 1. The van der Waals surface area contributed by atoms with E-state index in [4.69, 9.17) is 48.7 Å². The Balaban J connectivity index is 0.000000616. The summed E-state index contributed by atoms with van der Waals surface area (Å²) in [5.41, 5.74) is 13.4. The molecule has 1 saturated heterocycles. The summed E-state index contributed by atoms with van der Waals surface area (Å²) in [6.45, 7) is 4.38. The van der Waals surface area contributed by atoms with Gasteiger partial charge >= 0.3 is 6.03 Å². The number of hydrogen-bond acceptors (Lipinski definition) is 14. The summed E-state index contributed by atoms with van der Waals surface area (Å²) in [6, 6.07) is -0.374. The van der Waals surface area contributed by atoms with E-state index in [2.05, 4.69) is 9.97 Å². The van der Waals surface area contributed by atoms with Crippen LogP contribution in [0.15, 0.2) is 12.4 Å². The molecule has 18 nitrogen and oxygen atoms in total. The Labute approximate surface area is 220 Å². The number of nitrogen functional groups attached to an aromatic ring is 2. The Morgan fingerprint density at radius 1 is 0.816 bits per heavy atom. The second kappa shape index (κ2) is 13.2. The molecule has 3 heterocycles. The Kier molecular flexibility index (Phi) is 11.4. The quantitative estimate of drug-likeness (QED) is 0.315. The van der Waals surface area contributed by atoms with Crippen molar-refractivity contribution in [2.45, 2.75) is 33.4 Å². The summed E-state index contributed by atoms with van der Waals surface area (Å²) in [4.78, 5) is 36.7. The first-order valence-electron chi connectivity index (χ1n) is 10.2. The molecule has 3 rings (SSSR count). The van der Waals surface area contributed by atoms with Crippen LogP contribution in [0.1, 0.15) is 29.2 Å². The zero-order valence-electron chi connectivity index (χ0n) is 20.7. The van der Waals surface area contributed by atoms with Crippen molar-refractivity contribution in [1.29, 1.82) is 0 Å². The molecule has 212 valence electrons. The van der Waals surface area contributed by atoms with E-state index < -0.39 is 20.5 Å². The van der Waals surface area contributed by atoms with Gasteiger partial charge in [-0.25, -0.2) is 51.2 Å². The van der Waals surface area contributed by atoms with Gasteiger partial charge in [0.15, 0.2) is 0 Å². The molecular weight excluding hydrogens is 559 g/mol. The van der Waals surface area contributed by atoms with Crippen LogP contribution in [0.4, 0.5) is 16.4 Å². The van der Waals surface area contributed by atoms with Gasteiger partial charge in [-0.15, -0.1) is 20.5 Å². The SMILES string of the molecule is Cc1nc(N)c(CN2CCC(=O)N(Cc3c[n+](C)c(C)nc3N)C2=O)c[n+]1C.[O-][Cl+3]([O-])([O-])[O-].[O-][Cl+3]([O-])([O-])[O-]. The first-order valence-corrected chi connectivity index (χ1v) is 12.7. The number of hydrogen-bond donors (Lipinski definition) is 2. The molecule has 4 N–H and O–H groups in total. The summed E-state index contributed by atoms with van der Waals surface area (Å²) in [5.74, 6) is 1.98. The molecule has 2 aromatic heterocycles. The number of urea groups is 1. The van der Waals surface area contributed by atoms with E-state index in [1.165, 1.54) is 4.90 Å². The number of aromatic nitrogens is 4. The van der Waals surface area contributed by atoms with E-state index in [9.17, 15) is 9.59 Å². The molecule has 0 saturated carbocycles. The third kappa shape index (κ3) is 11.6. The lowest BCUT2D eigenvalue weighted by Gasteiger charge is -2.33. The molecule has 0 bridgehead atoms. The van der Waals surface area contributed by atoms with E-state index in [0.717, 1.165) is 17.2 Å². The van der Waals surface area contributed by atoms with Crippen molar-refractivity contribution in [3.8, 4) is 0 Å². The van der Waals surface area contributed by atoms with E-state index in [-0.39, 0.29) is 31.4 Å². The van der Waals surface area contributed by atoms with Crippen molar-refractivity contribution >= 4 is 23.6 Å². The third-order valence-electron chi connectivity index (χ3n) is 5.03. The third-order valence-corrected chi connectivity index (χ3v) is 5.03. The first kappa shape index (κ1) is 33.0. The van der Waals surface area contributed by atoms with Crippen molar-refractivity contribution in [2.24, 2.45) is 14.1 Å². The molecule has 20 heteroatoms. The molecule has 1 aliphatic rings. The predicted molar refractivity (Wildman–Crippen MR) is 100 cm³/mol. The molecule has 2 aromatic rings. The fourth-order valence-corrected chi connectivity index (χ4v) is 3.10. The van der Waals surface area contributed by atoms with Crippen molar-refractivity contribution in [1.82, 2.24) is 19.8 Å². The highest BCUT2D eigenvalue weighted by atomic mass is 35.7. The average molecular weight is 585 g/mol. The Morgan fingerprint density at radius 3 is 1.58 bits per heavy atom. The van der Waals surface area contributed by atoms with Crippen molar-refractivity contribution in [3.05, 3.63) is 35.2 Å². The second-order valence-corrected chi connectivity index (χ2v) is 9.32. The normalized spacial score (nSPS) is 14.0. The molecule has 0 aromatic carbocycles. The largest absolute Gasteiger partial charge is 0.362 e. The summed E-state index contributed by atoms with van der Waals surface area (Å²) < 4.78 is 71.6. The van der Waals surface area contributed by atoms with Crippen molar-refractivity contribution in [2.75, 3.05) is 18.0 Å². The number of nitrogens with zero attached hydrogens (tertiary/aromatic N) is 6. The minimum absolute atomic E-state index is 0.0799. The van der Waals surface area contributed by atoms with Gasteiger partial charge in [-0.2, -0.15) is 0 Å². The summed E-state index contributed by atoms with van der Waals surface area (Å²) in [5, 5.41) is 0. The van der Waals surface area contributed by atoms with Gasteiger partial charge in [0.05, 0.1) is 38.3 Å². The zero-order chi connectivity index (χ0) is 29.6. The molecule has 3 amide bonds. The molecule has 0 spiro atoms. The lowest BCUT2D eigenvalue weighted by atomic mass is 10.2. The molecule has 0 atom stereocenters. The van der Waals surface area contributed by atoms with E-state index in [0.29, 0.717) is 23.7 Å². The number of carbonyl (C=O) groups is 2. The number of amides is 3. The lowest BCUT2D eigenvalue weighted by molar-refractivity contribution is -2.00. The molecule has 0 unspecified atom stereocenters. The number of anilines is 2. The first-order chi connectivity index (χ1) is 17.2. The lowest BCUT2D eigenvalue weighted by Crippen LogP contribution is -2.68. The van der Waals surface area contributed by atoms with Gasteiger partial charge in [0.1, 0.15) is 12.4 Å². The predicted octanol–water partition coefficient (Wildman–Crippen LogP) is -10.3. The number of halogens is 2. The summed E-state index contributed by atoms with van der Waals surface area (Å²) in [6.07, 6.45) is 3.88. The van der Waals surface area contributed by atoms with Gasteiger partial charge in [-0.3, -0.25) is 9.69 Å². The summed E-state index contributed by atoms with van der Waals surface area (Å²) >= 11 is 0. The van der Waals surface area contributed by atoms with E-state index in [1.54, 1.807) is 15.7 Å². The Hall–Kier alpha value is -3.04. The van der Waals surface area contributed by atoms with Crippen LogP contribution in [0.3, 0.4) is 0 Å². The smallest absolute Gasteiger partial charge is 0.327 e. The van der Waals surface area contributed by atoms with Crippen LogP contribution in [0, 0.1) is 34.3 Å². The highest BCUT2D eigenvalue weighted by Gasteiger charge is 2.34. The second-order valence-electron chi connectivity index (χ2n) is 7.81. The van der Waals surface area contributed by atoms with Crippen molar-refractivity contribution < 1.29 is 76.5 Å². The molecule has 38 heavy (non-hydrogen) atoms. The van der Waals surface area contributed by atoms with Crippen LogP contribution in [0.2, 0.25) is 0 Å². The Bertz CT molecular complexity index is 1140. The topological polar surface area (TPSA) is 311 Å². The minimum Gasteiger partial charge on any atom is -0.362 e. The molecule has 1 aliphatic heterocycles. The summed E-state index contributed by atoms with van der Waals surface area (Å²) in [7, 11) is -6.18. The van der Waals surface area contributed by atoms with Crippen LogP contribution in [-0.4, -0.2) is 38.3 Å². The molecule has 1 fully saturated rings. The maximum Gasteiger partial charge on any atom is 0.327 e. The Morgan fingerprint density at radius 2 is 1.18 bits per heavy atom. The highest BCUT2D eigenvalue weighted by Crippen LogP contribution is 2.20. The fourth-order valence-electron chi connectivity index (χ4n) is 3.10. The molecule has 0 radical (unpaired) electrons. The minimum atomic E-state index is -4.94. The average Bonchev–Trinajstić information content (AvgIpc) is 2.72. The van der Waals surface area contributed by atoms with Gasteiger partial charge < -0.3 is 16.4 Å². The number of aryl methyl sites for hydroxylation is 4. The number of carbonyl (C=O) groups excluding carboxylic acids is 2. The highest BCUT2D eigenvalue weighted by molar-refractivity contribution is 5.96. The van der Waals surface area contributed by atoms with Crippen LogP contribution in [0.5, 0.6) is 0 Å². The standard InChI is InChI=1S/C18H24N8O2.2ClHO4/c1-11-21-16(19)13(7-23(11)3)9-25-6-5-15(27)26(18(25)28)10-14-8-24(4)12(2)22-17(14)20;2*2-1(3,4)5/h7-8,19-20H,5-6,9-10H2,1-4H3;2*(H,2,3,4,5). The van der Waals surface area contributed by atoms with E-state index in [1.807, 2.05) is 38.7 Å². The van der Waals surface area contributed by atoms with Crippen LogP contribution in [-0.2, 0) is 32.0 Å². The van der Waals surface area contributed by atoms with E-state index >= 15 is 0 Å². The van der Waals surface area contributed by atoms with Gasteiger partial charge in [-0.05, 0) is 9.97 Å².